The van der Waals surface area contributed by atoms with Crippen molar-refractivity contribution in [3.63, 3.8) is 0 Å². The Kier molecular flexibility index (Phi) is 4.16. The minimum Gasteiger partial charge on any atom is -0.389 e. The Morgan fingerprint density at radius 2 is 1.88 bits per heavy atom. The lowest BCUT2D eigenvalue weighted by Crippen LogP contribution is -2.29. The Balaban J connectivity index is 2.00. The van der Waals surface area contributed by atoms with Crippen LogP contribution in [-0.2, 0) is 12.8 Å². The van der Waals surface area contributed by atoms with Crippen molar-refractivity contribution in [2.45, 2.75) is 56.4 Å². The predicted molar refractivity (Wildman–Crippen MR) is 74.7 cm³/mol. The molecule has 2 rings (SSSR count). The van der Waals surface area contributed by atoms with Gasteiger partial charge >= 0.3 is 0 Å². The van der Waals surface area contributed by atoms with Crippen molar-refractivity contribution < 1.29 is 5.11 Å². The van der Waals surface area contributed by atoms with Gasteiger partial charge in [0, 0.05) is 10.6 Å². The standard InChI is InChI=1S/C15H22OS/c1-3-15(16,4-2)11-17-14-9-8-12-6-5-7-13(12)10-14/h8-10,16H,3-7,11H2,1-2H3. The topological polar surface area (TPSA) is 20.2 Å². The molecule has 1 aliphatic rings. The molecule has 1 aromatic carbocycles. The molecule has 0 spiro atoms. The number of aryl methyl sites for hydroxylation is 2. The van der Waals surface area contributed by atoms with Crippen molar-refractivity contribution in [2.24, 2.45) is 0 Å². The van der Waals surface area contributed by atoms with Crippen LogP contribution < -0.4 is 0 Å². The van der Waals surface area contributed by atoms with E-state index in [2.05, 4.69) is 32.0 Å². The molecule has 0 aliphatic heterocycles. The number of hydrogen-bond acceptors (Lipinski definition) is 2. The summed E-state index contributed by atoms with van der Waals surface area (Å²) in [6.07, 6.45) is 5.45. The van der Waals surface area contributed by atoms with Crippen LogP contribution in [0.3, 0.4) is 0 Å². The molecule has 0 amide bonds. The molecule has 0 saturated carbocycles. The molecule has 0 bridgehead atoms. The zero-order valence-corrected chi connectivity index (χ0v) is 11.6. The van der Waals surface area contributed by atoms with Crippen molar-refractivity contribution in [3.05, 3.63) is 29.3 Å². The van der Waals surface area contributed by atoms with Gasteiger partial charge in [0.1, 0.15) is 0 Å². The third kappa shape index (κ3) is 3.05. The molecule has 1 aromatic rings. The lowest BCUT2D eigenvalue weighted by Gasteiger charge is -2.24. The van der Waals surface area contributed by atoms with E-state index in [1.165, 1.54) is 35.3 Å². The molecule has 0 fully saturated rings. The molecule has 0 aromatic heterocycles. The Labute approximate surface area is 109 Å². The van der Waals surface area contributed by atoms with Gasteiger partial charge in [-0.15, -0.1) is 11.8 Å². The fraction of sp³-hybridized carbons (Fsp3) is 0.600. The first kappa shape index (κ1) is 13.0. The summed E-state index contributed by atoms with van der Waals surface area (Å²) in [5, 5.41) is 10.3. The van der Waals surface area contributed by atoms with Crippen LogP contribution in [0, 0.1) is 0 Å². The third-order valence-electron chi connectivity index (χ3n) is 3.89. The van der Waals surface area contributed by atoms with Gasteiger partial charge in [-0.2, -0.15) is 0 Å². The van der Waals surface area contributed by atoms with Gasteiger partial charge in [0.25, 0.3) is 0 Å². The molecule has 1 nitrogen and oxygen atoms in total. The number of thioether (sulfide) groups is 1. The average Bonchev–Trinajstić information content (AvgIpc) is 2.83. The number of fused-ring (bicyclic) bond motifs is 1. The largest absolute Gasteiger partial charge is 0.389 e. The Bertz CT molecular complexity index is 383. The summed E-state index contributed by atoms with van der Waals surface area (Å²) in [5.74, 6) is 0.804. The van der Waals surface area contributed by atoms with E-state index in [0.29, 0.717) is 0 Å². The van der Waals surface area contributed by atoms with E-state index in [0.717, 1.165) is 18.6 Å². The quantitative estimate of drug-likeness (QED) is 0.802. The van der Waals surface area contributed by atoms with Gasteiger partial charge in [0.2, 0.25) is 0 Å². The first-order valence-electron chi connectivity index (χ1n) is 6.64. The highest BCUT2D eigenvalue weighted by atomic mass is 32.2. The summed E-state index contributed by atoms with van der Waals surface area (Å²) in [4.78, 5) is 1.31. The smallest absolute Gasteiger partial charge is 0.0736 e. The first-order valence-corrected chi connectivity index (χ1v) is 7.62. The Hall–Kier alpha value is -0.470. The monoisotopic (exact) mass is 250 g/mol. The molecule has 17 heavy (non-hydrogen) atoms. The Morgan fingerprint density at radius 3 is 2.59 bits per heavy atom. The van der Waals surface area contributed by atoms with E-state index >= 15 is 0 Å². The minimum absolute atomic E-state index is 0.496. The third-order valence-corrected chi connectivity index (χ3v) is 5.16. The number of benzene rings is 1. The predicted octanol–water partition coefficient (Wildman–Crippen LogP) is 3.82. The average molecular weight is 250 g/mol. The highest BCUT2D eigenvalue weighted by Crippen LogP contribution is 2.30. The van der Waals surface area contributed by atoms with E-state index in [4.69, 9.17) is 0 Å². The second-order valence-electron chi connectivity index (χ2n) is 5.00. The molecular weight excluding hydrogens is 228 g/mol. The van der Waals surface area contributed by atoms with Crippen molar-refractivity contribution in [1.29, 1.82) is 0 Å². The minimum atomic E-state index is -0.496. The van der Waals surface area contributed by atoms with Crippen LogP contribution in [0.15, 0.2) is 23.1 Å². The summed E-state index contributed by atoms with van der Waals surface area (Å²) in [6, 6.07) is 6.79. The maximum absolute atomic E-state index is 10.3. The normalized spacial score (nSPS) is 15.0. The molecule has 0 atom stereocenters. The van der Waals surface area contributed by atoms with Gasteiger partial charge in [-0.05, 0) is 55.4 Å². The van der Waals surface area contributed by atoms with Gasteiger partial charge in [0.15, 0.2) is 0 Å². The molecule has 0 unspecified atom stereocenters. The van der Waals surface area contributed by atoms with Crippen molar-refractivity contribution in [2.75, 3.05) is 5.75 Å². The van der Waals surface area contributed by atoms with E-state index in [1.54, 1.807) is 11.8 Å². The first-order chi connectivity index (χ1) is 8.17. The highest BCUT2D eigenvalue weighted by Gasteiger charge is 2.22. The van der Waals surface area contributed by atoms with Crippen molar-refractivity contribution in [1.82, 2.24) is 0 Å². The SMILES string of the molecule is CCC(O)(CC)CSc1ccc2c(c1)CCC2. The fourth-order valence-corrected chi connectivity index (χ4v) is 3.54. The van der Waals surface area contributed by atoms with E-state index in [-0.39, 0.29) is 0 Å². The zero-order valence-electron chi connectivity index (χ0n) is 10.8. The second-order valence-corrected chi connectivity index (χ2v) is 6.05. The van der Waals surface area contributed by atoms with Crippen LogP contribution in [-0.4, -0.2) is 16.5 Å². The number of hydrogen-bond donors (Lipinski definition) is 1. The molecule has 2 heteroatoms. The van der Waals surface area contributed by atoms with E-state index in [9.17, 15) is 5.11 Å². The van der Waals surface area contributed by atoms with Gasteiger partial charge in [-0.1, -0.05) is 19.9 Å². The van der Waals surface area contributed by atoms with Gasteiger partial charge in [-0.3, -0.25) is 0 Å². The van der Waals surface area contributed by atoms with Crippen LogP contribution in [0.25, 0.3) is 0 Å². The highest BCUT2D eigenvalue weighted by molar-refractivity contribution is 7.99. The summed E-state index contributed by atoms with van der Waals surface area (Å²) in [5.41, 5.74) is 2.55. The fourth-order valence-electron chi connectivity index (χ4n) is 2.31. The molecule has 94 valence electrons. The lowest BCUT2D eigenvalue weighted by molar-refractivity contribution is 0.0572. The molecule has 1 N–H and O–H groups in total. The molecule has 1 aliphatic carbocycles. The lowest BCUT2D eigenvalue weighted by atomic mass is 10.0. The van der Waals surface area contributed by atoms with Crippen LogP contribution in [0.4, 0.5) is 0 Å². The maximum Gasteiger partial charge on any atom is 0.0736 e. The maximum atomic E-state index is 10.3. The zero-order chi connectivity index (χ0) is 12.3. The molecule has 0 radical (unpaired) electrons. The van der Waals surface area contributed by atoms with E-state index < -0.39 is 5.60 Å². The van der Waals surface area contributed by atoms with Gasteiger partial charge < -0.3 is 5.11 Å². The molecule has 0 heterocycles. The van der Waals surface area contributed by atoms with Gasteiger partial charge in [0.05, 0.1) is 5.60 Å². The number of aliphatic hydroxyl groups is 1. The van der Waals surface area contributed by atoms with Crippen LogP contribution in [0.2, 0.25) is 0 Å². The second kappa shape index (κ2) is 5.45. The molecular formula is C15H22OS. The van der Waals surface area contributed by atoms with Crippen molar-refractivity contribution >= 4 is 11.8 Å². The van der Waals surface area contributed by atoms with Gasteiger partial charge in [-0.25, -0.2) is 0 Å². The summed E-state index contributed by atoms with van der Waals surface area (Å²) in [6.45, 7) is 4.12. The molecule has 0 saturated heterocycles. The van der Waals surface area contributed by atoms with Crippen LogP contribution >= 0.6 is 11.8 Å². The summed E-state index contributed by atoms with van der Waals surface area (Å²) >= 11 is 1.79. The number of rotatable bonds is 5. The Morgan fingerprint density at radius 1 is 1.18 bits per heavy atom. The van der Waals surface area contributed by atoms with Crippen LogP contribution in [0.5, 0.6) is 0 Å². The summed E-state index contributed by atoms with van der Waals surface area (Å²) < 4.78 is 0. The van der Waals surface area contributed by atoms with Crippen LogP contribution in [0.1, 0.15) is 44.2 Å². The summed E-state index contributed by atoms with van der Waals surface area (Å²) in [7, 11) is 0. The van der Waals surface area contributed by atoms with Crippen molar-refractivity contribution in [3.8, 4) is 0 Å². The van der Waals surface area contributed by atoms with E-state index in [1.807, 2.05) is 0 Å².